The Morgan fingerprint density at radius 3 is 2.25 bits per heavy atom. The minimum atomic E-state index is -1.09. The molecule has 0 unspecified atom stereocenters. The quantitative estimate of drug-likeness (QED) is 0.297. The Kier molecular flexibility index (Phi) is 6.46. The summed E-state index contributed by atoms with van der Waals surface area (Å²) in [5.41, 5.74) is 1.54. The van der Waals surface area contributed by atoms with Gasteiger partial charge >= 0.3 is 5.97 Å². The van der Waals surface area contributed by atoms with E-state index in [9.17, 15) is 19.5 Å². The second-order valence-corrected chi connectivity index (χ2v) is 8.95. The highest BCUT2D eigenvalue weighted by molar-refractivity contribution is 8.00. The smallest absolute Gasteiger partial charge is 0.336 e. The minimum absolute atomic E-state index is 0.0732. The number of hydrogen-bond donors (Lipinski definition) is 3. The SMILES string of the molecule is O=C(CSc1ccc(NC(=O)c2cccc3cccc(C(=O)O)c23)cc1)Nc1ccc2c(c1)OCO2. The van der Waals surface area contributed by atoms with Crippen LogP contribution in [0.3, 0.4) is 0 Å². The predicted octanol–water partition coefficient (Wildman–Crippen LogP) is 5.25. The number of fused-ring (bicyclic) bond motifs is 2. The van der Waals surface area contributed by atoms with Gasteiger partial charge in [-0.15, -0.1) is 11.8 Å². The molecule has 4 aromatic carbocycles. The molecule has 0 aromatic heterocycles. The van der Waals surface area contributed by atoms with Crippen molar-refractivity contribution in [2.24, 2.45) is 0 Å². The third-order valence-electron chi connectivity index (χ3n) is 5.52. The summed E-state index contributed by atoms with van der Waals surface area (Å²) in [5, 5.41) is 16.3. The molecule has 0 bridgehead atoms. The molecule has 0 atom stereocenters. The topological polar surface area (TPSA) is 114 Å². The molecule has 8 nitrogen and oxygen atoms in total. The van der Waals surface area contributed by atoms with E-state index in [1.165, 1.54) is 17.8 Å². The molecule has 1 heterocycles. The Morgan fingerprint density at radius 1 is 0.806 bits per heavy atom. The van der Waals surface area contributed by atoms with Gasteiger partial charge in [0, 0.05) is 33.3 Å². The maximum Gasteiger partial charge on any atom is 0.336 e. The molecule has 0 fully saturated rings. The Balaban J connectivity index is 1.21. The van der Waals surface area contributed by atoms with Gasteiger partial charge in [-0.3, -0.25) is 9.59 Å². The average Bonchev–Trinajstić information content (AvgIpc) is 3.35. The number of benzene rings is 4. The van der Waals surface area contributed by atoms with Gasteiger partial charge in [0.05, 0.1) is 11.3 Å². The van der Waals surface area contributed by atoms with Gasteiger partial charge in [-0.05, 0) is 53.9 Å². The van der Waals surface area contributed by atoms with Gasteiger partial charge in [0.25, 0.3) is 5.91 Å². The standard InChI is InChI=1S/C27H20N2O6S/c30-24(28-18-9-12-22-23(13-18)35-15-34-22)14-36-19-10-7-17(8-11-19)29-26(31)20-5-1-3-16-4-2-6-21(25(16)20)27(32)33/h1-13H,14-15H2,(H,28,30)(H,29,31)(H,32,33). The lowest BCUT2D eigenvalue weighted by Gasteiger charge is -2.11. The van der Waals surface area contributed by atoms with Gasteiger partial charge in [-0.2, -0.15) is 0 Å². The first kappa shape index (κ1) is 23.3. The van der Waals surface area contributed by atoms with Crippen LogP contribution in [0.25, 0.3) is 10.8 Å². The highest BCUT2D eigenvalue weighted by Gasteiger charge is 2.17. The summed E-state index contributed by atoms with van der Waals surface area (Å²) in [7, 11) is 0. The van der Waals surface area contributed by atoms with Crippen LogP contribution in [0.2, 0.25) is 0 Å². The zero-order valence-corrected chi connectivity index (χ0v) is 19.6. The van der Waals surface area contributed by atoms with E-state index in [1.54, 1.807) is 72.8 Å². The lowest BCUT2D eigenvalue weighted by molar-refractivity contribution is -0.113. The molecule has 0 saturated carbocycles. The maximum absolute atomic E-state index is 13.0. The third-order valence-corrected chi connectivity index (χ3v) is 6.53. The predicted molar refractivity (Wildman–Crippen MR) is 137 cm³/mol. The molecule has 1 aliphatic rings. The number of nitrogens with one attached hydrogen (secondary N) is 2. The van der Waals surface area contributed by atoms with Crippen molar-refractivity contribution < 1.29 is 29.0 Å². The lowest BCUT2D eigenvalue weighted by Crippen LogP contribution is -2.14. The maximum atomic E-state index is 13.0. The molecule has 0 aliphatic carbocycles. The number of carboxylic acid groups (broad SMARTS) is 1. The normalized spacial score (nSPS) is 11.8. The Labute approximate surface area is 210 Å². The first-order valence-corrected chi connectivity index (χ1v) is 12.0. The second kappa shape index (κ2) is 10.0. The van der Waals surface area contributed by atoms with Crippen molar-refractivity contribution in [3.05, 3.63) is 90.0 Å². The number of carboxylic acids is 1. The molecule has 0 saturated heterocycles. The van der Waals surface area contributed by atoms with Gasteiger partial charge in [0.2, 0.25) is 12.7 Å². The molecule has 5 rings (SSSR count). The summed E-state index contributed by atoms with van der Waals surface area (Å²) in [6.07, 6.45) is 0. The fourth-order valence-corrected chi connectivity index (χ4v) is 4.56. The number of carbonyl (C=O) groups excluding carboxylic acids is 2. The molecule has 0 radical (unpaired) electrons. The van der Waals surface area contributed by atoms with Crippen molar-refractivity contribution in [1.29, 1.82) is 0 Å². The van der Waals surface area contributed by atoms with Gasteiger partial charge in [-0.25, -0.2) is 4.79 Å². The highest BCUT2D eigenvalue weighted by Crippen LogP contribution is 2.34. The summed E-state index contributed by atoms with van der Waals surface area (Å²) < 4.78 is 10.6. The lowest BCUT2D eigenvalue weighted by atomic mass is 9.98. The first-order chi connectivity index (χ1) is 17.5. The monoisotopic (exact) mass is 500 g/mol. The van der Waals surface area contributed by atoms with E-state index >= 15 is 0 Å². The van der Waals surface area contributed by atoms with Crippen molar-refractivity contribution in [1.82, 2.24) is 0 Å². The van der Waals surface area contributed by atoms with Crippen molar-refractivity contribution in [2.45, 2.75) is 4.90 Å². The molecular weight excluding hydrogens is 480 g/mol. The van der Waals surface area contributed by atoms with Gasteiger partial charge in [0.1, 0.15) is 0 Å². The largest absolute Gasteiger partial charge is 0.478 e. The molecule has 0 spiro atoms. The summed E-state index contributed by atoms with van der Waals surface area (Å²) in [6.45, 7) is 0.171. The van der Waals surface area contributed by atoms with Crippen LogP contribution in [-0.4, -0.2) is 35.4 Å². The van der Waals surface area contributed by atoms with E-state index in [0.717, 1.165) is 4.90 Å². The van der Waals surface area contributed by atoms with Crippen molar-refractivity contribution in [3.63, 3.8) is 0 Å². The molecule has 9 heteroatoms. The van der Waals surface area contributed by atoms with Crippen LogP contribution in [0.15, 0.2) is 83.8 Å². The number of aromatic carboxylic acids is 1. The van der Waals surface area contributed by atoms with Crippen LogP contribution in [0.1, 0.15) is 20.7 Å². The summed E-state index contributed by atoms with van der Waals surface area (Å²) in [4.78, 5) is 37.8. The molecule has 180 valence electrons. The number of thioether (sulfide) groups is 1. The van der Waals surface area contributed by atoms with Crippen LogP contribution < -0.4 is 20.1 Å². The molecular formula is C27H20N2O6S. The van der Waals surface area contributed by atoms with Crippen molar-refractivity contribution in [3.8, 4) is 11.5 Å². The van der Waals surface area contributed by atoms with Crippen molar-refractivity contribution >= 4 is 51.7 Å². The Morgan fingerprint density at radius 2 is 1.50 bits per heavy atom. The Hall–Kier alpha value is -4.50. The molecule has 36 heavy (non-hydrogen) atoms. The van der Waals surface area contributed by atoms with Crippen LogP contribution in [-0.2, 0) is 4.79 Å². The van der Waals surface area contributed by atoms with Gasteiger partial charge < -0.3 is 25.2 Å². The number of carbonyl (C=O) groups is 3. The van der Waals surface area contributed by atoms with Crippen LogP contribution in [0.4, 0.5) is 11.4 Å². The summed E-state index contributed by atoms with van der Waals surface area (Å²) in [5.74, 6) is -0.212. The van der Waals surface area contributed by atoms with E-state index in [-0.39, 0.29) is 29.6 Å². The van der Waals surface area contributed by atoms with E-state index in [1.807, 2.05) is 0 Å². The molecule has 3 N–H and O–H groups in total. The average molecular weight is 501 g/mol. The van der Waals surface area contributed by atoms with E-state index in [4.69, 9.17) is 9.47 Å². The zero-order chi connectivity index (χ0) is 25.1. The van der Waals surface area contributed by atoms with E-state index in [2.05, 4.69) is 10.6 Å². The number of anilines is 2. The highest BCUT2D eigenvalue weighted by atomic mass is 32.2. The van der Waals surface area contributed by atoms with Crippen LogP contribution >= 0.6 is 11.8 Å². The molecule has 2 amide bonds. The molecule has 1 aliphatic heterocycles. The number of amides is 2. The number of rotatable bonds is 7. The zero-order valence-electron chi connectivity index (χ0n) is 18.8. The third kappa shape index (κ3) is 4.96. The van der Waals surface area contributed by atoms with E-state index in [0.29, 0.717) is 33.6 Å². The van der Waals surface area contributed by atoms with E-state index < -0.39 is 11.9 Å². The minimum Gasteiger partial charge on any atom is -0.478 e. The fourth-order valence-electron chi connectivity index (χ4n) is 3.86. The van der Waals surface area contributed by atoms with Crippen LogP contribution in [0.5, 0.6) is 11.5 Å². The summed E-state index contributed by atoms with van der Waals surface area (Å²) in [6, 6.07) is 22.3. The van der Waals surface area contributed by atoms with Crippen molar-refractivity contribution in [2.75, 3.05) is 23.2 Å². The second-order valence-electron chi connectivity index (χ2n) is 7.90. The number of hydrogen-bond acceptors (Lipinski definition) is 6. The Bertz CT molecular complexity index is 1480. The molecule has 4 aromatic rings. The summed E-state index contributed by atoms with van der Waals surface area (Å²) >= 11 is 1.36. The first-order valence-electron chi connectivity index (χ1n) is 11.0. The van der Waals surface area contributed by atoms with Crippen LogP contribution in [0, 0.1) is 0 Å². The van der Waals surface area contributed by atoms with Gasteiger partial charge in [0.15, 0.2) is 11.5 Å². The number of ether oxygens (including phenoxy) is 2. The van der Waals surface area contributed by atoms with Gasteiger partial charge in [-0.1, -0.05) is 24.3 Å². The fraction of sp³-hybridized carbons (Fsp3) is 0.0741.